The number of fused-ring (bicyclic) bond motifs is 2. The quantitative estimate of drug-likeness (QED) is 0.408. The van der Waals surface area contributed by atoms with Crippen molar-refractivity contribution in [2.45, 2.75) is 38.1 Å². The lowest BCUT2D eigenvalue weighted by Crippen LogP contribution is -2.20. The van der Waals surface area contributed by atoms with Crippen molar-refractivity contribution >= 4 is 29.3 Å². The summed E-state index contributed by atoms with van der Waals surface area (Å²) in [4.78, 5) is 29.1. The van der Waals surface area contributed by atoms with E-state index < -0.39 is 36.1 Å². The molecule has 3 atom stereocenters. The molecule has 2 N–H and O–H groups in total. The maximum absolute atomic E-state index is 12.8. The average molecular weight is 452 g/mol. The Labute approximate surface area is 183 Å². The van der Waals surface area contributed by atoms with Gasteiger partial charge in [-0.05, 0) is 18.6 Å². The van der Waals surface area contributed by atoms with Gasteiger partial charge in [-0.1, -0.05) is 35.0 Å². The van der Waals surface area contributed by atoms with Crippen LogP contribution >= 0.6 is 11.6 Å². The van der Waals surface area contributed by atoms with Crippen molar-refractivity contribution in [3.05, 3.63) is 46.5 Å². The molecule has 0 bridgehead atoms. The Balaban J connectivity index is 2.00. The fraction of sp³-hybridized carbons (Fsp3) is 0.381. The summed E-state index contributed by atoms with van der Waals surface area (Å²) >= 11 is 6.24. The molecule has 2 heterocycles. The van der Waals surface area contributed by atoms with Crippen LogP contribution in [0, 0.1) is 0 Å². The van der Waals surface area contributed by atoms with E-state index in [0.29, 0.717) is 6.42 Å². The Morgan fingerprint density at radius 2 is 2.10 bits per heavy atom. The molecule has 10 heteroatoms. The molecule has 2 aliphatic heterocycles. The molecule has 2 aliphatic rings. The Hall–Kier alpha value is -3.04. The summed E-state index contributed by atoms with van der Waals surface area (Å²) in [5.74, 6) is -2.32. The highest BCUT2D eigenvalue weighted by atomic mass is 35.5. The minimum atomic E-state index is -0.800. The highest BCUT2D eigenvalue weighted by molar-refractivity contribution is 6.33. The molecule has 0 amide bonds. The van der Waals surface area contributed by atoms with Gasteiger partial charge in [0.1, 0.15) is 29.3 Å². The lowest BCUT2D eigenvalue weighted by molar-refractivity contribution is -0.145. The molecule has 1 fully saturated rings. The second-order valence-corrected chi connectivity index (χ2v) is 7.40. The summed E-state index contributed by atoms with van der Waals surface area (Å²) in [7, 11) is 1.21. The zero-order valence-corrected chi connectivity index (χ0v) is 17.7. The zero-order valence-electron chi connectivity index (χ0n) is 16.9. The maximum atomic E-state index is 12.8. The standard InChI is InChI=1S/C21H22ClNO8/c1-11-7-17-16(31-17)6-4-3-5-12(23-29-10-18(26)28-2)8-13-19(21(27)30-11)14(24)9-15(25)20(13)22/h3-6,9,11,16-17,24-25H,7-8,10H2,1-2H3/b5-3+,6-4-,23-12+/t11-,16-,17+/m1/s1. The van der Waals surface area contributed by atoms with Gasteiger partial charge in [-0.3, -0.25) is 0 Å². The van der Waals surface area contributed by atoms with Crippen LogP contribution in [0.15, 0.2) is 35.5 Å². The normalized spacial score (nSPS) is 26.6. The van der Waals surface area contributed by atoms with E-state index in [0.717, 1.165) is 6.07 Å². The Kier molecular flexibility index (Phi) is 7.19. The van der Waals surface area contributed by atoms with Crippen molar-refractivity contribution in [1.29, 1.82) is 0 Å². The van der Waals surface area contributed by atoms with Crippen molar-refractivity contribution in [2.24, 2.45) is 5.16 Å². The first-order valence-corrected chi connectivity index (χ1v) is 9.88. The Bertz CT molecular complexity index is 955. The topological polar surface area (TPSA) is 127 Å². The van der Waals surface area contributed by atoms with Crippen LogP contribution in [-0.4, -0.2) is 59.9 Å². The molecule has 0 unspecified atom stereocenters. The Morgan fingerprint density at radius 3 is 2.84 bits per heavy atom. The highest BCUT2D eigenvalue weighted by Crippen LogP contribution is 2.38. The molecule has 0 spiro atoms. The van der Waals surface area contributed by atoms with Crippen LogP contribution in [0.1, 0.15) is 29.3 Å². The number of oxime groups is 1. The number of epoxide rings is 1. The molecule has 0 radical (unpaired) electrons. The molecule has 1 aromatic carbocycles. The predicted octanol–water partition coefficient (Wildman–Crippen LogP) is 2.67. The van der Waals surface area contributed by atoms with E-state index >= 15 is 0 Å². The van der Waals surface area contributed by atoms with Crippen molar-refractivity contribution in [3.63, 3.8) is 0 Å². The lowest BCUT2D eigenvalue weighted by atomic mass is 9.99. The number of phenols is 2. The number of nitrogens with zero attached hydrogens (tertiary/aromatic N) is 1. The lowest BCUT2D eigenvalue weighted by Gasteiger charge is -2.17. The van der Waals surface area contributed by atoms with Crippen LogP contribution in [0.5, 0.6) is 11.5 Å². The molecular formula is C21H22ClNO8. The number of ether oxygens (including phenoxy) is 3. The SMILES string of the molecule is COC(=O)CO\N=C1/C=C/C=C\[C@H]2O[C@H]2C[C@@H](C)OC(=O)c2c(O)cc(O)c(Cl)c2C1. The minimum Gasteiger partial charge on any atom is -0.507 e. The third-order valence-electron chi connectivity index (χ3n) is 4.67. The summed E-state index contributed by atoms with van der Waals surface area (Å²) in [6, 6.07) is 0.972. The van der Waals surface area contributed by atoms with Gasteiger partial charge in [-0.25, -0.2) is 9.59 Å². The number of rotatable bonds is 3. The summed E-state index contributed by atoms with van der Waals surface area (Å²) < 4.78 is 15.5. The van der Waals surface area contributed by atoms with E-state index in [2.05, 4.69) is 9.89 Å². The number of hydrogen-bond acceptors (Lipinski definition) is 9. The van der Waals surface area contributed by atoms with E-state index in [1.807, 2.05) is 6.08 Å². The van der Waals surface area contributed by atoms with E-state index in [4.69, 9.17) is 25.9 Å². The molecule has 1 aromatic rings. The van der Waals surface area contributed by atoms with E-state index in [9.17, 15) is 19.8 Å². The Morgan fingerprint density at radius 1 is 1.32 bits per heavy atom. The molecular weight excluding hydrogens is 430 g/mol. The summed E-state index contributed by atoms with van der Waals surface area (Å²) in [6.07, 6.45) is 6.62. The first-order chi connectivity index (χ1) is 14.8. The van der Waals surface area contributed by atoms with E-state index in [-0.39, 0.29) is 40.5 Å². The van der Waals surface area contributed by atoms with Gasteiger partial charge in [-0.2, -0.15) is 0 Å². The second-order valence-electron chi connectivity index (χ2n) is 7.03. The largest absolute Gasteiger partial charge is 0.507 e. The number of allylic oxidation sites excluding steroid dienone is 3. The van der Waals surface area contributed by atoms with Crippen LogP contribution < -0.4 is 0 Å². The molecule has 0 saturated carbocycles. The van der Waals surface area contributed by atoms with Crippen LogP contribution in [0.25, 0.3) is 0 Å². The van der Waals surface area contributed by atoms with Crippen molar-refractivity contribution < 1.29 is 38.9 Å². The van der Waals surface area contributed by atoms with Gasteiger partial charge in [-0.15, -0.1) is 0 Å². The number of cyclic esters (lactones) is 1. The maximum Gasteiger partial charge on any atom is 0.346 e. The van der Waals surface area contributed by atoms with Gasteiger partial charge in [0.15, 0.2) is 0 Å². The summed E-state index contributed by atoms with van der Waals surface area (Å²) in [5, 5.41) is 24.2. The molecule has 0 aromatic heterocycles. The van der Waals surface area contributed by atoms with Crippen LogP contribution in [0.3, 0.4) is 0 Å². The van der Waals surface area contributed by atoms with E-state index in [1.165, 1.54) is 7.11 Å². The third-order valence-corrected chi connectivity index (χ3v) is 5.09. The van der Waals surface area contributed by atoms with E-state index in [1.54, 1.807) is 25.2 Å². The predicted molar refractivity (Wildman–Crippen MR) is 110 cm³/mol. The van der Waals surface area contributed by atoms with Gasteiger partial charge in [0.2, 0.25) is 6.61 Å². The summed E-state index contributed by atoms with van der Waals surface area (Å²) in [5.41, 5.74) is 0.167. The number of methoxy groups -OCH3 is 1. The number of esters is 2. The molecule has 31 heavy (non-hydrogen) atoms. The minimum absolute atomic E-state index is 0.0802. The summed E-state index contributed by atoms with van der Waals surface area (Å²) in [6.45, 7) is 1.30. The van der Waals surface area contributed by atoms with Crippen LogP contribution in [0.4, 0.5) is 0 Å². The smallest absolute Gasteiger partial charge is 0.346 e. The first kappa shape index (κ1) is 22.6. The number of carbonyl (C=O) groups excluding carboxylic acids is 2. The molecule has 9 nitrogen and oxygen atoms in total. The van der Waals surface area contributed by atoms with Gasteiger partial charge >= 0.3 is 11.9 Å². The number of benzene rings is 1. The van der Waals surface area contributed by atoms with Crippen LogP contribution in [-0.2, 0) is 30.3 Å². The van der Waals surface area contributed by atoms with Crippen LogP contribution in [0.2, 0.25) is 5.02 Å². The number of phenolic OH excluding ortho intramolecular Hbond substituents is 2. The number of carbonyl (C=O) groups is 2. The molecule has 0 aliphatic carbocycles. The number of hydrogen-bond donors (Lipinski definition) is 2. The van der Waals surface area contributed by atoms with Crippen molar-refractivity contribution in [2.75, 3.05) is 13.7 Å². The molecule has 166 valence electrons. The monoisotopic (exact) mass is 451 g/mol. The number of halogens is 1. The third kappa shape index (κ3) is 5.77. The molecule has 3 rings (SSSR count). The van der Waals surface area contributed by atoms with Gasteiger partial charge in [0.25, 0.3) is 0 Å². The van der Waals surface area contributed by atoms with Crippen molar-refractivity contribution in [1.82, 2.24) is 0 Å². The number of aromatic hydroxyl groups is 2. The van der Waals surface area contributed by atoms with Crippen molar-refractivity contribution in [3.8, 4) is 11.5 Å². The zero-order chi connectivity index (χ0) is 22.5. The van der Waals surface area contributed by atoms with Gasteiger partial charge < -0.3 is 29.3 Å². The van der Waals surface area contributed by atoms with Gasteiger partial charge in [0, 0.05) is 18.9 Å². The average Bonchev–Trinajstić information content (AvgIpc) is 3.45. The fourth-order valence-corrected chi connectivity index (χ4v) is 3.30. The van der Waals surface area contributed by atoms with Gasteiger partial charge in [0.05, 0.1) is 23.9 Å². The fourth-order valence-electron chi connectivity index (χ4n) is 3.08. The second kappa shape index (κ2) is 9.84. The first-order valence-electron chi connectivity index (χ1n) is 9.50. The molecule has 1 saturated heterocycles. The highest BCUT2D eigenvalue weighted by Gasteiger charge is 2.38.